The molecule has 0 saturated carbocycles. The molecular weight excluding hydrogens is 432 g/mol. The zero-order chi connectivity index (χ0) is 23.5. The van der Waals surface area contributed by atoms with Crippen LogP contribution in [0, 0.1) is 0 Å². The number of Topliss-reactive ketones (excluding diaryl/α,β-unsaturated/α-hetero) is 1. The summed E-state index contributed by atoms with van der Waals surface area (Å²) in [6, 6.07) is 11.5. The van der Waals surface area contributed by atoms with Crippen LogP contribution >= 0.6 is 0 Å². The molecule has 1 N–H and O–H groups in total. The van der Waals surface area contributed by atoms with Gasteiger partial charge in [-0.05, 0) is 24.3 Å². The van der Waals surface area contributed by atoms with Crippen molar-refractivity contribution < 1.29 is 33.0 Å². The number of aliphatic hydroxyl groups excluding tert-OH is 1. The van der Waals surface area contributed by atoms with Crippen LogP contribution in [0.15, 0.2) is 67.0 Å². The van der Waals surface area contributed by atoms with E-state index < -0.39 is 17.0 Å². The summed E-state index contributed by atoms with van der Waals surface area (Å²) in [6.45, 7) is 0.853. The van der Waals surface area contributed by atoms with Gasteiger partial charge >= 0.3 is 0 Å². The summed E-state index contributed by atoms with van der Waals surface area (Å²) in [6.07, 6.45) is -0.676. The van der Waals surface area contributed by atoms with Crippen molar-refractivity contribution in [3.05, 3.63) is 80.5 Å². The summed E-state index contributed by atoms with van der Waals surface area (Å²) < 4.78 is 22.0. The van der Waals surface area contributed by atoms with Gasteiger partial charge in [0.25, 0.3) is 0 Å². The largest absolute Gasteiger partial charge is 0.490 e. The fourth-order valence-electron chi connectivity index (χ4n) is 3.27. The third kappa shape index (κ3) is 4.53. The molecule has 0 aliphatic heterocycles. The lowest BCUT2D eigenvalue weighted by Gasteiger charge is -2.15. The van der Waals surface area contributed by atoms with Gasteiger partial charge in [0.05, 0.1) is 0 Å². The molecule has 0 bridgehead atoms. The van der Waals surface area contributed by atoms with E-state index in [4.69, 9.17) is 18.3 Å². The molecular formula is C24H18O9. The first-order chi connectivity index (χ1) is 15.9. The Bertz CT molecular complexity index is 1480. The lowest BCUT2D eigenvalue weighted by molar-refractivity contribution is 0.0636. The van der Waals surface area contributed by atoms with E-state index in [9.17, 15) is 24.3 Å². The molecule has 1 atom stereocenters. The van der Waals surface area contributed by atoms with Crippen LogP contribution in [0.3, 0.4) is 0 Å². The van der Waals surface area contributed by atoms with Crippen molar-refractivity contribution in [1.29, 1.82) is 0 Å². The number of fused-ring (bicyclic) bond motifs is 2. The van der Waals surface area contributed by atoms with Crippen LogP contribution in [0.4, 0.5) is 0 Å². The van der Waals surface area contributed by atoms with Crippen molar-refractivity contribution in [3.8, 4) is 11.5 Å². The zero-order valence-electron chi connectivity index (χ0n) is 17.4. The van der Waals surface area contributed by atoms with E-state index in [1.807, 2.05) is 0 Å². The molecule has 0 aliphatic carbocycles. The van der Waals surface area contributed by atoms with E-state index in [-0.39, 0.29) is 64.0 Å². The number of hydrogen-bond donors (Lipinski definition) is 1. The van der Waals surface area contributed by atoms with E-state index >= 15 is 0 Å². The highest BCUT2D eigenvalue weighted by atomic mass is 16.5. The van der Waals surface area contributed by atoms with Crippen molar-refractivity contribution in [2.45, 2.75) is 13.0 Å². The van der Waals surface area contributed by atoms with Crippen molar-refractivity contribution in [2.24, 2.45) is 0 Å². The molecule has 0 fully saturated rings. The molecule has 2 heterocycles. The molecule has 33 heavy (non-hydrogen) atoms. The van der Waals surface area contributed by atoms with Gasteiger partial charge in [-0.1, -0.05) is 12.1 Å². The first kappa shape index (κ1) is 22.0. The van der Waals surface area contributed by atoms with Gasteiger partial charge in [-0.25, -0.2) is 0 Å². The van der Waals surface area contributed by atoms with E-state index in [0.717, 1.165) is 12.1 Å². The first-order valence-electron chi connectivity index (χ1n) is 9.91. The van der Waals surface area contributed by atoms with Gasteiger partial charge in [0.1, 0.15) is 52.8 Å². The van der Waals surface area contributed by atoms with Gasteiger partial charge in [0.2, 0.25) is 0 Å². The van der Waals surface area contributed by atoms with Crippen LogP contribution in [0.1, 0.15) is 28.0 Å². The number of benzene rings is 2. The van der Waals surface area contributed by atoms with Gasteiger partial charge in [0, 0.05) is 19.1 Å². The van der Waals surface area contributed by atoms with Gasteiger partial charge in [-0.3, -0.25) is 19.2 Å². The average molecular weight is 450 g/mol. The van der Waals surface area contributed by atoms with E-state index in [1.54, 1.807) is 18.2 Å². The van der Waals surface area contributed by atoms with Crippen LogP contribution in [0.25, 0.3) is 21.9 Å². The monoisotopic (exact) mass is 450 g/mol. The minimum absolute atomic E-state index is 0.0575. The van der Waals surface area contributed by atoms with Crippen LogP contribution in [0.2, 0.25) is 0 Å². The summed E-state index contributed by atoms with van der Waals surface area (Å²) in [4.78, 5) is 47.2. The second-order valence-electron chi connectivity index (χ2n) is 7.20. The average Bonchev–Trinajstić information content (AvgIpc) is 2.80. The summed E-state index contributed by atoms with van der Waals surface area (Å²) in [7, 11) is 0. The lowest BCUT2D eigenvalue weighted by Crippen LogP contribution is -2.25. The van der Waals surface area contributed by atoms with Crippen molar-refractivity contribution in [1.82, 2.24) is 0 Å². The van der Waals surface area contributed by atoms with Gasteiger partial charge in [0.15, 0.2) is 34.4 Å². The van der Waals surface area contributed by atoms with Crippen LogP contribution in [0.5, 0.6) is 11.5 Å². The molecule has 0 spiro atoms. The van der Waals surface area contributed by atoms with Crippen LogP contribution in [-0.4, -0.2) is 36.5 Å². The molecule has 1 unspecified atom stereocenters. The van der Waals surface area contributed by atoms with Gasteiger partial charge < -0.3 is 23.4 Å². The van der Waals surface area contributed by atoms with Gasteiger partial charge in [-0.15, -0.1) is 0 Å². The molecule has 2 aromatic heterocycles. The quantitative estimate of drug-likeness (QED) is 0.318. The number of ketones is 1. The Morgan fingerprint density at radius 2 is 1.48 bits per heavy atom. The third-order valence-corrected chi connectivity index (χ3v) is 4.78. The Morgan fingerprint density at radius 1 is 0.939 bits per heavy atom. The van der Waals surface area contributed by atoms with Crippen molar-refractivity contribution in [3.63, 3.8) is 0 Å². The molecule has 0 aliphatic rings. The normalized spacial score (nSPS) is 11.9. The maximum Gasteiger partial charge on any atom is 0.197 e. The van der Waals surface area contributed by atoms with E-state index in [0.29, 0.717) is 6.29 Å². The number of aldehydes is 1. The number of ether oxygens (including phenoxy) is 2. The summed E-state index contributed by atoms with van der Waals surface area (Å²) >= 11 is 0. The molecule has 0 radical (unpaired) electrons. The summed E-state index contributed by atoms with van der Waals surface area (Å²) in [5, 5.41) is 10.6. The van der Waals surface area contributed by atoms with E-state index in [2.05, 4.69) is 0 Å². The topological polar surface area (TPSA) is 133 Å². The predicted molar refractivity (Wildman–Crippen MR) is 117 cm³/mol. The fourth-order valence-corrected chi connectivity index (χ4v) is 3.27. The highest BCUT2D eigenvalue weighted by Gasteiger charge is 2.16. The molecule has 2 aromatic carbocycles. The smallest absolute Gasteiger partial charge is 0.197 e. The standard InChI is InChI=1S/C24H18O9/c1-13(26)22-9-17(29)24-19(5-3-7-21(24)33-22)31-12-14(27)11-30-18-4-2-6-20-23(18)16(28)8-15(10-25)32-20/h2-10,14,27H,11-12H2,1H3. The number of carbonyl (C=O) groups is 2. The SMILES string of the molecule is CC(=O)c1cc(=O)c2c(OCC(O)COc3cccc4oc(C=O)cc(=O)c34)cccc2o1. The Balaban J connectivity index is 1.49. The maximum absolute atomic E-state index is 12.4. The van der Waals surface area contributed by atoms with Crippen molar-refractivity contribution >= 4 is 34.0 Å². The van der Waals surface area contributed by atoms with E-state index in [1.165, 1.54) is 25.1 Å². The third-order valence-electron chi connectivity index (χ3n) is 4.78. The Labute approximate surface area is 185 Å². The molecule has 0 saturated heterocycles. The Hall–Kier alpha value is -4.24. The highest BCUT2D eigenvalue weighted by molar-refractivity contribution is 5.93. The number of carbonyl (C=O) groups excluding carboxylic acids is 2. The minimum atomic E-state index is -1.11. The highest BCUT2D eigenvalue weighted by Crippen LogP contribution is 2.25. The van der Waals surface area contributed by atoms with Crippen LogP contribution in [-0.2, 0) is 0 Å². The second-order valence-corrected chi connectivity index (χ2v) is 7.20. The molecule has 168 valence electrons. The Morgan fingerprint density at radius 3 is 2.03 bits per heavy atom. The second kappa shape index (κ2) is 9.09. The number of aliphatic hydroxyl groups is 1. The molecule has 4 rings (SSSR count). The maximum atomic E-state index is 12.4. The Kier molecular flexibility index (Phi) is 6.05. The number of rotatable bonds is 8. The fraction of sp³-hybridized carbons (Fsp3) is 0.167. The molecule has 9 nitrogen and oxygen atoms in total. The first-order valence-corrected chi connectivity index (χ1v) is 9.91. The minimum Gasteiger partial charge on any atom is -0.490 e. The molecule has 9 heteroatoms. The lowest BCUT2D eigenvalue weighted by atomic mass is 10.2. The summed E-state index contributed by atoms with van der Waals surface area (Å²) in [5.74, 6) is -0.174. The summed E-state index contributed by atoms with van der Waals surface area (Å²) in [5.41, 5.74) is -0.527. The van der Waals surface area contributed by atoms with Gasteiger partial charge in [-0.2, -0.15) is 0 Å². The van der Waals surface area contributed by atoms with Crippen LogP contribution < -0.4 is 20.3 Å². The number of hydrogen-bond acceptors (Lipinski definition) is 9. The van der Waals surface area contributed by atoms with Crippen molar-refractivity contribution in [2.75, 3.05) is 13.2 Å². The molecule has 4 aromatic rings. The zero-order valence-corrected chi connectivity index (χ0v) is 17.4. The molecule has 0 amide bonds. The predicted octanol–water partition coefficient (Wildman–Crippen LogP) is 2.73.